The highest BCUT2D eigenvalue weighted by molar-refractivity contribution is 6.32. The van der Waals surface area contributed by atoms with E-state index in [0.717, 1.165) is 17.2 Å². The molecule has 210 valence electrons. The van der Waals surface area contributed by atoms with Crippen molar-refractivity contribution in [1.29, 1.82) is 0 Å². The number of aromatic nitrogens is 1. The first-order valence-electron chi connectivity index (χ1n) is 12.6. The second-order valence-corrected chi connectivity index (χ2v) is 9.49. The number of carbonyl (C=O) groups excluding carboxylic acids is 1. The van der Waals surface area contributed by atoms with E-state index in [-0.39, 0.29) is 35.7 Å². The Morgan fingerprint density at radius 3 is 2.25 bits per heavy atom. The molecule has 0 unspecified atom stereocenters. The van der Waals surface area contributed by atoms with Gasteiger partial charge in [-0.3, -0.25) is 4.90 Å². The van der Waals surface area contributed by atoms with Crippen LogP contribution in [0.5, 0.6) is 5.88 Å². The zero-order chi connectivity index (χ0) is 28.5. The molecule has 0 N–H and O–H groups in total. The zero-order valence-electron chi connectivity index (χ0n) is 21.7. The predicted molar refractivity (Wildman–Crippen MR) is 144 cm³/mol. The summed E-state index contributed by atoms with van der Waals surface area (Å²) in [5.41, 5.74) is 1.70. The first-order valence-corrected chi connectivity index (χ1v) is 13.0. The first kappa shape index (κ1) is 29.2. The molecule has 40 heavy (non-hydrogen) atoms. The van der Waals surface area contributed by atoms with Crippen molar-refractivity contribution in [3.63, 3.8) is 0 Å². The predicted octanol–water partition coefficient (Wildman–Crippen LogP) is 7.24. The van der Waals surface area contributed by atoms with E-state index in [2.05, 4.69) is 14.8 Å². The highest BCUT2D eigenvalue weighted by Crippen LogP contribution is 2.37. The van der Waals surface area contributed by atoms with E-state index in [1.807, 2.05) is 60.7 Å². The van der Waals surface area contributed by atoms with E-state index in [9.17, 15) is 18.0 Å². The summed E-state index contributed by atoms with van der Waals surface area (Å²) in [4.78, 5) is 13.6. The Kier molecular flexibility index (Phi) is 9.84. The van der Waals surface area contributed by atoms with Crippen molar-refractivity contribution in [3.8, 4) is 5.88 Å². The lowest BCUT2D eigenvalue weighted by molar-refractivity contribution is -0.137. The van der Waals surface area contributed by atoms with Crippen LogP contribution < -0.4 is 4.74 Å². The molecule has 0 atom stereocenters. The van der Waals surface area contributed by atoms with Crippen molar-refractivity contribution in [2.24, 2.45) is 0 Å². The number of hydrogen-bond donors (Lipinski definition) is 0. The van der Waals surface area contributed by atoms with Gasteiger partial charge in [0.1, 0.15) is 0 Å². The number of methoxy groups -OCH3 is 1. The lowest BCUT2D eigenvalue weighted by atomic mass is 9.90. The summed E-state index contributed by atoms with van der Waals surface area (Å²) in [5, 5.41) is 3.41. The molecule has 0 radical (unpaired) electrons. The van der Waals surface area contributed by atoms with Crippen molar-refractivity contribution in [1.82, 2.24) is 10.1 Å². The standard InChI is InChI=1S/C30H28ClF3N2O4/c1-38-29(37)26-18-27(35-40-26)39-17-9-16-36(19-23-14-8-15-25(28(23)31)30(32,33)34)20-24(21-10-4-2-5-11-21)22-12-6-3-7-13-22/h2-8,10-15,18,24H,9,16-17,19-20H2,1H3. The number of benzene rings is 3. The van der Waals surface area contributed by atoms with Crippen molar-refractivity contribution in [2.45, 2.75) is 25.1 Å². The lowest BCUT2D eigenvalue weighted by Crippen LogP contribution is -2.31. The van der Waals surface area contributed by atoms with Crippen LogP contribution in [-0.2, 0) is 17.5 Å². The minimum absolute atomic E-state index is 0.0361. The van der Waals surface area contributed by atoms with Gasteiger partial charge in [-0.15, -0.1) is 0 Å². The maximum absolute atomic E-state index is 13.5. The molecule has 0 saturated heterocycles. The quantitative estimate of drug-likeness (QED) is 0.132. The first-order chi connectivity index (χ1) is 19.3. The number of hydrogen-bond acceptors (Lipinski definition) is 6. The maximum Gasteiger partial charge on any atom is 0.417 e. The fraction of sp³-hybridized carbons (Fsp3) is 0.267. The monoisotopic (exact) mass is 572 g/mol. The average Bonchev–Trinajstić information content (AvgIpc) is 3.43. The minimum Gasteiger partial charge on any atom is -0.475 e. The Labute approximate surface area is 235 Å². The number of nitrogens with zero attached hydrogens (tertiary/aromatic N) is 2. The highest BCUT2D eigenvalue weighted by Gasteiger charge is 2.34. The number of rotatable bonds is 12. The van der Waals surface area contributed by atoms with Crippen LogP contribution in [0.2, 0.25) is 5.02 Å². The summed E-state index contributed by atoms with van der Waals surface area (Å²) in [7, 11) is 1.23. The van der Waals surface area contributed by atoms with Crippen LogP contribution in [0.25, 0.3) is 0 Å². The van der Waals surface area contributed by atoms with Gasteiger partial charge < -0.3 is 14.0 Å². The number of alkyl halides is 3. The fourth-order valence-corrected chi connectivity index (χ4v) is 4.71. The van der Waals surface area contributed by atoms with Gasteiger partial charge in [-0.1, -0.05) is 84.4 Å². The second-order valence-electron chi connectivity index (χ2n) is 9.11. The number of carbonyl (C=O) groups is 1. The number of esters is 1. The van der Waals surface area contributed by atoms with Crippen molar-refractivity contribution in [3.05, 3.63) is 118 Å². The van der Waals surface area contributed by atoms with Crippen LogP contribution in [0.1, 0.15) is 45.1 Å². The van der Waals surface area contributed by atoms with Gasteiger partial charge in [-0.2, -0.15) is 13.2 Å². The molecule has 0 bridgehead atoms. The molecule has 0 aliphatic heterocycles. The van der Waals surface area contributed by atoms with Gasteiger partial charge in [-0.05, 0) is 34.3 Å². The molecule has 1 aromatic heterocycles. The third kappa shape index (κ3) is 7.64. The van der Waals surface area contributed by atoms with Crippen LogP contribution in [0.15, 0.2) is 89.5 Å². The van der Waals surface area contributed by atoms with Gasteiger partial charge in [0.25, 0.3) is 5.88 Å². The third-order valence-electron chi connectivity index (χ3n) is 6.37. The van der Waals surface area contributed by atoms with E-state index in [4.69, 9.17) is 20.9 Å². The average molecular weight is 573 g/mol. The fourth-order valence-electron chi connectivity index (χ4n) is 4.42. The molecule has 0 saturated carbocycles. The van der Waals surface area contributed by atoms with Crippen molar-refractivity contribution in [2.75, 3.05) is 26.8 Å². The van der Waals surface area contributed by atoms with E-state index in [1.54, 1.807) is 6.07 Å². The number of ether oxygens (including phenoxy) is 2. The SMILES string of the molecule is COC(=O)c1cc(OCCCN(Cc2cccc(C(F)(F)F)c2Cl)CC(c2ccccc2)c2ccccc2)no1. The minimum atomic E-state index is -4.55. The summed E-state index contributed by atoms with van der Waals surface area (Å²) in [6.07, 6.45) is -4.03. The normalized spacial score (nSPS) is 11.7. The Bertz CT molecular complexity index is 1340. The van der Waals surface area contributed by atoms with Crippen molar-refractivity contribution >= 4 is 17.6 Å². The van der Waals surface area contributed by atoms with Crippen molar-refractivity contribution < 1.29 is 32.0 Å². The summed E-state index contributed by atoms with van der Waals surface area (Å²) in [5.74, 6) is -0.642. The van der Waals surface area contributed by atoms with E-state index in [0.29, 0.717) is 25.1 Å². The molecule has 4 aromatic rings. The van der Waals surface area contributed by atoms with Crippen LogP contribution in [0.4, 0.5) is 13.2 Å². The van der Waals surface area contributed by atoms with Gasteiger partial charge in [0, 0.05) is 25.6 Å². The molecule has 0 aliphatic rings. The maximum atomic E-state index is 13.5. The Morgan fingerprint density at radius 1 is 1.00 bits per heavy atom. The molecule has 1 heterocycles. The second kappa shape index (κ2) is 13.5. The summed E-state index contributed by atoms with van der Waals surface area (Å²) < 4.78 is 55.8. The molecular formula is C30H28ClF3N2O4. The van der Waals surface area contributed by atoms with Crippen LogP contribution in [-0.4, -0.2) is 42.8 Å². The molecule has 0 amide bonds. The largest absolute Gasteiger partial charge is 0.475 e. The molecule has 0 spiro atoms. The van der Waals surface area contributed by atoms with Crippen LogP contribution in [0.3, 0.4) is 0 Å². The summed E-state index contributed by atoms with van der Waals surface area (Å²) >= 11 is 6.26. The number of halogens is 4. The molecule has 4 rings (SSSR count). The van der Waals surface area contributed by atoms with Gasteiger partial charge in [0.05, 0.1) is 30.4 Å². The van der Waals surface area contributed by atoms with E-state index >= 15 is 0 Å². The molecular weight excluding hydrogens is 545 g/mol. The lowest BCUT2D eigenvalue weighted by Gasteiger charge is -2.29. The highest BCUT2D eigenvalue weighted by atomic mass is 35.5. The van der Waals surface area contributed by atoms with Crippen LogP contribution >= 0.6 is 11.6 Å². The topological polar surface area (TPSA) is 64.8 Å². The zero-order valence-corrected chi connectivity index (χ0v) is 22.5. The third-order valence-corrected chi connectivity index (χ3v) is 6.81. The Morgan fingerprint density at radius 2 is 1.65 bits per heavy atom. The Balaban J connectivity index is 1.54. The van der Waals surface area contributed by atoms with Gasteiger partial charge in [-0.25, -0.2) is 4.79 Å². The van der Waals surface area contributed by atoms with Crippen LogP contribution in [0, 0.1) is 0 Å². The smallest absolute Gasteiger partial charge is 0.417 e. The molecule has 0 aliphatic carbocycles. The van der Waals surface area contributed by atoms with E-state index < -0.39 is 17.7 Å². The van der Waals surface area contributed by atoms with Gasteiger partial charge in [0.2, 0.25) is 5.76 Å². The summed E-state index contributed by atoms with van der Waals surface area (Å²) in [6, 6.07) is 25.2. The summed E-state index contributed by atoms with van der Waals surface area (Å²) in [6.45, 7) is 1.46. The molecule has 3 aromatic carbocycles. The van der Waals surface area contributed by atoms with Gasteiger partial charge >= 0.3 is 12.1 Å². The molecule has 0 fully saturated rings. The molecule has 6 nitrogen and oxygen atoms in total. The van der Waals surface area contributed by atoms with E-state index in [1.165, 1.54) is 19.2 Å². The molecule has 10 heteroatoms. The Hall–Kier alpha value is -3.82. The van der Waals surface area contributed by atoms with Gasteiger partial charge in [0.15, 0.2) is 0 Å².